The number of morpholine rings is 1. The Bertz CT molecular complexity index is 712. The number of carbonyl (C=O) groups is 2. The summed E-state index contributed by atoms with van der Waals surface area (Å²) in [4.78, 5) is 27.8. The molecule has 2 fully saturated rings. The molecular weight excluding hydrogens is 360 g/mol. The van der Waals surface area contributed by atoms with Crippen LogP contribution in [-0.4, -0.2) is 65.9 Å². The molecule has 1 aromatic rings. The zero-order valence-corrected chi connectivity index (χ0v) is 15.4. The van der Waals surface area contributed by atoms with E-state index in [0.29, 0.717) is 41.3 Å². The molecule has 2 aliphatic rings. The fourth-order valence-corrected chi connectivity index (χ4v) is 3.59. The third-order valence-electron chi connectivity index (χ3n) is 3.89. The van der Waals surface area contributed by atoms with Gasteiger partial charge in [0.15, 0.2) is 6.61 Å². The van der Waals surface area contributed by atoms with Crippen LogP contribution in [0.1, 0.15) is 5.56 Å². The monoisotopic (exact) mass is 378 g/mol. The number of carbonyl (C=O) groups excluding carboxylic acids is 2. The van der Waals surface area contributed by atoms with Gasteiger partial charge >= 0.3 is 0 Å². The van der Waals surface area contributed by atoms with Crippen molar-refractivity contribution in [2.75, 3.05) is 40.0 Å². The van der Waals surface area contributed by atoms with E-state index in [9.17, 15) is 9.59 Å². The molecule has 0 saturated carbocycles. The van der Waals surface area contributed by atoms with E-state index in [-0.39, 0.29) is 18.4 Å². The van der Waals surface area contributed by atoms with Crippen molar-refractivity contribution in [2.45, 2.75) is 0 Å². The molecule has 2 heterocycles. The smallest absolute Gasteiger partial charge is 0.265 e. The zero-order chi connectivity index (χ0) is 17.8. The van der Waals surface area contributed by atoms with E-state index in [1.807, 2.05) is 12.1 Å². The molecule has 6 nitrogen and oxygen atoms in total. The standard InChI is InChI=1S/C17H18N2O4S2/c1-18-16(21)14(25-17(18)24)10-12-2-4-13(5-3-12)23-11-15(20)19-6-8-22-9-7-19/h2-5,10H,6-9,11H2,1H3/b14-10-. The molecule has 2 saturated heterocycles. The van der Waals surface area contributed by atoms with Crippen molar-refractivity contribution in [3.63, 3.8) is 0 Å². The number of likely N-dealkylation sites (N-methyl/N-ethyl adjacent to an activating group) is 1. The van der Waals surface area contributed by atoms with Crippen molar-refractivity contribution in [1.82, 2.24) is 9.80 Å². The van der Waals surface area contributed by atoms with Crippen molar-refractivity contribution in [3.05, 3.63) is 34.7 Å². The van der Waals surface area contributed by atoms with Crippen molar-refractivity contribution >= 4 is 46.2 Å². The highest BCUT2D eigenvalue weighted by atomic mass is 32.2. The van der Waals surface area contributed by atoms with Crippen LogP contribution >= 0.6 is 24.0 Å². The largest absolute Gasteiger partial charge is 0.484 e. The Hall–Kier alpha value is -1.90. The van der Waals surface area contributed by atoms with Crippen molar-refractivity contribution in [2.24, 2.45) is 0 Å². The lowest BCUT2D eigenvalue weighted by atomic mass is 10.2. The molecule has 0 atom stereocenters. The van der Waals surface area contributed by atoms with Crippen molar-refractivity contribution < 1.29 is 19.1 Å². The number of ether oxygens (including phenoxy) is 2. The maximum atomic E-state index is 12.0. The van der Waals surface area contributed by atoms with E-state index in [1.54, 1.807) is 30.2 Å². The Morgan fingerprint density at radius 2 is 2.00 bits per heavy atom. The van der Waals surface area contributed by atoms with Gasteiger partial charge in [0, 0.05) is 20.1 Å². The van der Waals surface area contributed by atoms with Crippen LogP contribution < -0.4 is 4.74 Å². The maximum Gasteiger partial charge on any atom is 0.265 e. The molecule has 0 aliphatic carbocycles. The topological polar surface area (TPSA) is 59.1 Å². The lowest BCUT2D eigenvalue weighted by Gasteiger charge is -2.26. The third-order valence-corrected chi connectivity index (χ3v) is 5.38. The van der Waals surface area contributed by atoms with E-state index >= 15 is 0 Å². The number of thiocarbonyl (C=S) groups is 1. The Morgan fingerprint density at radius 1 is 1.32 bits per heavy atom. The summed E-state index contributed by atoms with van der Waals surface area (Å²) < 4.78 is 11.3. The molecule has 0 spiro atoms. The Labute approximate surface area is 155 Å². The van der Waals surface area contributed by atoms with Gasteiger partial charge in [0.25, 0.3) is 11.8 Å². The highest BCUT2D eigenvalue weighted by Crippen LogP contribution is 2.31. The van der Waals surface area contributed by atoms with Crippen LogP contribution in [0.4, 0.5) is 0 Å². The molecule has 2 aliphatic heterocycles. The van der Waals surface area contributed by atoms with Crippen molar-refractivity contribution in [3.8, 4) is 5.75 Å². The summed E-state index contributed by atoms with van der Waals surface area (Å²) in [5, 5.41) is 0. The van der Waals surface area contributed by atoms with E-state index in [4.69, 9.17) is 21.7 Å². The van der Waals surface area contributed by atoms with E-state index < -0.39 is 0 Å². The second-order valence-corrected chi connectivity index (χ2v) is 7.27. The van der Waals surface area contributed by atoms with Gasteiger partial charge in [-0.05, 0) is 23.8 Å². The molecule has 8 heteroatoms. The Kier molecular flexibility index (Phi) is 5.72. The minimum Gasteiger partial charge on any atom is -0.484 e. The van der Waals surface area contributed by atoms with Crippen LogP contribution in [-0.2, 0) is 14.3 Å². The summed E-state index contributed by atoms with van der Waals surface area (Å²) in [5.41, 5.74) is 0.876. The first-order chi connectivity index (χ1) is 12.0. The molecule has 1 aromatic carbocycles. The fourth-order valence-electron chi connectivity index (χ4n) is 2.41. The Balaban J connectivity index is 1.56. The van der Waals surface area contributed by atoms with Crippen LogP contribution in [0.5, 0.6) is 5.75 Å². The lowest BCUT2D eigenvalue weighted by Crippen LogP contribution is -2.42. The summed E-state index contributed by atoms with van der Waals surface area (Å²) in [6.45, 7) is 2.37. The molecule has 0 unspecified atom stereocenters. The predicted molar refractivity (Wildman–Crippen MR) is 100 cm³/mol. The van der Waals surface area contributed by atoms with Gasteiger partial charge in [-0.3, -0.25) is 14.5 Å². The lowest BCUT2D eigenvalue weighted by molar-refractivity contribution is -0.137. The first-order valence-electron chi connectivity index (χ1n) is 7.84. The summed E-state index contributed by atoms with van der Waals surface area (Å²) in [7, 11) is 1.67. The van der Waals surface area contributed by atoms with Gasteiger partial charge < -0.3 is 14.4 Å². The fraction of sp³-hybridized carbons (Fsp3) is 0.353. The van der Waals surface area contributed by atoms with Crippen LogP contribution in [0.3, 0.4) is 0 Å². The minimum atomic E-state index is -0.0913. The van der Waals surface area contributed by atoms with Gasteiger partial charge in [-0.1, -0.05) is 36.1 Å². The van der Waals surface area contributed by atoms with Gasteiger partial charge in [0.2, 0.25) is 0 Å². The SMILES string of the molecule is CN1C(=O)/C(=C/c2ccc(OCC(=O)N3CCOCC3)cc2)SC1=S. The van der Waals surface area contributed by atoms with Gasteiger partial charge in [-0.2, -0.15) is 0 Å². The molecule has 0 aromatic heterocycles. The summed E-state index contributed by atoms with van der Waals surface area (Å²) in [6, 6.07) is 7.25. The number of nitrogens with zero attached hydrogens (tertiary/aromatic N) is 2. The number of amides is 2. The second-order valence-electron chi connectivity index (χ2n) is 5.59. The average molecular weight is 378 g/mol. The third kappa shape index (κ3) is 4.39. The molecule has 132 valence electrons. The van der Waals surface area contributed by atoms with E-state index in [2.05, 4.69) is 0 Å². The normalized spacial score (nSPS) is 19.6. The summed E-state index contributed by atoms with van der Waals surface area (Å²) >= 11 is 6.40. The van der Waals surface area contributed by atoms with Crippen LogP contribution in [0.25, 0.3) is 6.08 Å². The van der Waals surface area contributed by atoms with Crippen molar-refractivity contribution in [1.29, 1.82) is 0 Å². The Morgan fingerprint density at radius 3 is 2.60 bits per heavy atom. The maximum absolute atomic E-state index is 12.0. The molecule has 0 N–H and O–H groups in total. The van der Waals surface area contributed by atoms with E-state index in [1.165, 1.54) is 16.7 Å². The van der Waals surface area contributed by atoms with E-state index in [0.717, 1.165) is 5.56 Å². The quantitative estimate of drug-likeness (QED) is 0.588. The summed E-state index contributed by atoms with van der Waals surface area (Å²) in [5.74, 6) is 0.479. The number of rotatable bonds is 4. The molecule has 3 rings (SSSR count). The molecule has 2 amide bonds. The summed E-state index contributed by atoms with van der Waals surface area (Å²) in [6.07, 6.45) is 1.80. The molecule has 0 bridgehead atoms. The van der Waals surface area contributed by atoms with Gasteiger partial charge in [0.1, 0.15) is 10.1 Å². The van der Waals surface area contributed by atoms with Crippen LogP contribution in [0.15, 0.2) is 29.2 Å². The number of hydrogen-bond acceptors (Lipinski definition) is 6. The highest BCUT2D eigenvalue weighted by molar-refractivity contribution is 8.26. The van der Waals surface area contributed by atoms with Gasteiger partial charge in [0.05, 0.1) is 18.1 Å². The zero-order valence-electron chi connectivity index (χ0n) is 13.8. The molecule has 0 radical (unpaired) electrons. The van der Waals surface area contributed by atoms with Gasteiger partial charge in [-0.15, -0.1) is 0 Å². The van der Waals surface area contributed by atoms with Crippen LogP contribution in [0.2, 0.25) is 0 Å². The molecule has 25 heavy (non-hydrogen) atoms. The predicted octanol–water partition coefficient (Wildman–Crippen LogP) is 1.76. The average Bonchev–Trinajstić information content (AvgIpc) is 2.88. The first kappa shape index (κ1) is 17.9. The van der Waals surface area contributed by atoms with Gasteiger partial charge in [-0.25, -0.2) is 0 Å². The second kappa shape index (κ2) is 7.99. The molecular formula is C17H18N2O4S2. The number of thioether (sulfide) groups is 1. The minimum absolute atomic E-state index is 0.00778. The van der Waals surface area contributed by atoms with Crippen LogP contribution in [0, 0.1) is 0 Å². The highest BCUT2D eigenvalue weighted by Gasteiger charge is 2.28. The number of benzene rings is 1. The first-order valence-corrected chi connectivity index (χ1v) is 9.07. The number of hydrogen-bond donors (Lipinski definition) is 0.